The molecule has 0 N–H and O–H groups in total. The van der Waals surface area contributed by atoms with Crippen molar-refractivity contribution < 1.29 is 0 Å². The molecule has 0 aliphatic rings. The Bertz CT molecular complexity index is 90.3. The van der Waals surface area contributed by atoms with Gasteiger partial charge in [0.15, 0.2) is 0 Å². The molecule has 0 heteroatoms. The van der Waals surface area contributed by atoms with Crippen molar-refractivity contribution in [3.05, 3.63) is 25.8 Å². The van der Waals surface area contributed by atoms with Gasteiger partial charge in [-0.25, -0.2) is 0 Å². The summed E-state index contributed by atoms with van der Waals surface area (Å²) in [6, 6.07) is 0. The highest BCUT2D eigenvalue weighted by Crippen LogP contribution is 1.70. The molecule has 0 aromatic carbocycles. The van der Waals surface area contributed by atoms with E-state index in [1.807, 2.05) is 6.92 Å². The minimum Gasteiger partial charge on any atom is -0.106 e. The number of rotatable bonds is 1. The van der Waals surface area contributed by atoms with Gasteiger partial charge in [-0.05, 0) is 6.92 Å². The summed E-state index contributed by atoms with van der Waals surface area (Å²) in [4.78, 5) is 0. The first kappa shape index (κ1) is 10.1. The van der Waals surface area contributed by atoms with Gasteiger partial charge in [-0.2, -0.15) is 0 Å². The summed E-state index contributed by atoms with van der Waals surface area (Å²) in [5.74, 6) is 5.58. The van der Waals surface area contributed by atoms with E-state index in [1.54, 1.807) is 6.08 Å². The molecule has 0 aliphatic carbocycles. The number of hydrogen-bond acceptors (Lipinski definition) is 0. The van der Waals surface area contributed by atoms with E-state index in [2.05, 4.69) is 31.6 Å². The molecule has 0 nitrogen and oxygen atoms in total. The fraction of sp³-hybridized carbons (Fsp3) is 0.250. The molecule has 8 heavy (non-hydrogen) atoms. The smallest absolute Gasteiger partial charge is 0.0267 e. The summed E-state index contributed by atoms with van der Waals surface area (Å²) >= 11 is 0. The number of allylic oxidation sites excluding steroid dienone is 1. The van der Waals surface area contributed by atoms with Crippen molar-refractivity contribution in [2.45, 2.75) is 13.3 Å². The third kappa shape index (κ3) is 19.8. The monoisotopic (exact) mass is 108 g/mol. The van der Waals surface area contributed by atoms with Gasteiger partial charge < -0.3 is 0 Å². The molecule has 0 heterocycles. The summed E-state index contributed by atoms with van der Waals surface area (Å²) in [5, 5.41) is 0. The molecule has 0 amide bonds. The van der Waals surface area contributed by atoms with Crippen molar-refractivity contribution in [1.29, 1.82) is 0 Å². The van der Waals surface area contributed by atoms with E-state index in [1.165, 1.54) is 0 Å². The Morgan fingerprint density at radius 3 is 2.12 bits per heavy atom. The summed E-state index contributed by atoms with van der Waals surface area (Å²) in [7, 11) is 0. The predicted molar refractivity (Wildman–Crippen MR) is 39.5 cm³/mol. The van der Waals surface area contributed by atoms with Crippen LogP contribution in [-0.2, 0) is 0 Å². The largest absolute Gasteiger partial charge is 0.106 e. The summed E-state index contributed by atoms with van der Waals surface area (Å²) in [6.07, 6.45) is 2.60. The van der Waals surface area contributed by atoms with E-state index in [4.69, 9.17) is 0 Å². The molecule has 0 bridgehead atoms. The molecule has 0 aliphatic heterocycles. The van der Waals surface area contributed by atoms with Crippen LogP contribution < -0.4 is 0 Å². The van der Waals surface area contributed by atoms with Gasteiger partial charge in [0.2, 0.25) is 0 Å². The lowest BCUT2D eigenvalue weighted by atomic mass is 10.4. The lowest BCUT2D eigenvalue weighted by Gasteiger charge is -1.64. The second-order valence-electron chi connectivity index (χ2n) is 0.920. The zero-order valence-corrected chi connectivity index (χ0v) is 5.41. The first-order valence-electron chi connectivity index (χ1n) is 2.42. The highest BCUT2D eigenvalue weighted by atomic mass is 13.6. The molecule has 0 radical (unpaired) electrons. The molecule has 0 spiro atoms. The molecule has 0 aromatic rings. The Morgan fingerprint density at radius 2 is 2.00 bits per heavy atom. The average Bonchev–Trinajstić information content (AvgIpc) is 1.88. The maximum atomic E-state index is 3.50. The van der Waals surface area contributed by atoms with E-state index >= 15 is 0 Å². The van der Waals surface area contributed by atoms with Crippen LogP contribution in [-0.4, -0.2) is 0 Å². The van der Waals surface area contributed by atoms with E-state index < -0.39 is 0 Å². The van der Waals surface area contributed by atoms with Gasteiger partial charge in [0.05, 0.1) is 0 Å². The van der Waals surface area contributed by atoms with Crippen molar-refractivity contribution >= 4 is 0 Å². The molecule has 0 fully saturated rings. The Kier molecular flexibility index (Phi) is 21.0. The van der Waals surface area contributed by atoms with Crippen LogP contribution >= 0.6 is 0 Å². The van der Waals surface area contributed by atoms with Gasteiger partial charge >= 0.3 is 0 Å². The second-order valence-corrected chi connectivity index (χ2v) is 0.920. The van der Waals surface area contributed by atoms with Crippen LogP contribution in [0.3, 0.4) is 0 Å². The second kappa shape index (κ2) is 16.6. The topological polar surface area (TPSA) is 0 Å². The van der Waals surface area contributed by atoms with Gasteiger partial charge in [-0.1, -0.05) is 12.0 Å². The molecule has 0 saturated carbocycles. The molecular formula is C8H12. The van der Waals surface area contributed by atoms with E-state index in [9.17, 15) is 0 Å². The third-order valence-corrected chi connectivity index (χ3v) is 0.423. The summed E-state index contributed by atoms with van der Waals surface area (Å²) in [5.41, 5.74) is 0. The van der Waals surface area contributed by atoms with Crippen LogP contribution in [0.4, 0.5) is 0 Å². The van der Waals surface area contributed by atoms with Gasteiger partial charge in [0.25, 0.3) is 0 Å². The van der Waals surface area contributed by atoms with E-state index in [-0.39, 0.29) is 0 Å². The van der Waals surface area contributed by atoms with E-state index in [0.29, 0.717) is 0 Å². The van der Waals surface area contributed by atoms with Gasteiger partial charge in [0, 0.05) is 6.42 Å². The fourth-order valence-electron chi connectivity index (χ4n) is 0.174. The third-order valence-electron chi connectivity index (χ3n) is 0.423. The highest BCUT2D eigenvalue weighted by Gasteiger charge is 1.55. The number of hydrogen-bond donors (Lipinski definition) is 0. The zero-order chi connectivity index (χ0) is 6.83. The Labute approximate surface area is 51.9 Å². The summed E-state index contributed by atoms with van der Waals surface area (Å²) < 4.78 is 0. The first-order valence-corrected chi connectivity index (χ1v) is 2.42. The maximum absolute atomic E-state index is 3.50. The lowest BCUT2D eigenvalue weighted by Crippen LogP contribution is -1.49. The molecular weight excluding hydrogens is 96.1 g/mol. The van der Waals surface area contributed by atoms with Gasteiger partial charge in [-0.15, -0.1) is 25.7 Å². The predicted octanol–water partition coefficient (Wildman–Crippen LogP) is 2.39. The molecule has 0 atom stereocenters. The Balaban J connectivity index is 0. The highest BCUT2D eigenvalue weighted by molar-refractivity contribution is 4.99. The van der Waals surface area contributed by atoms with Crippen molar-refractivity contribution in [3.8, 4) is 11.8 Å². The standard InChI is InChI=1S/C6H8.C2H4/c1-3-5-6-4-2;1-2/h3H,1,5H2,2H3;1-2H2. The minimum atomic E-state index is 0.816. The van der Waals surface area contributed by atoms with Crippen LogP contribution in [0.5, 0.6) is 0 Å². The quantitative estimate of drug-likeness (QED) is 0.357. The SMILES string of the molecule is C=C.C=CCC#CC. The van der Waals surface area contributed by atoms with Crippen molar-refractivity contribution in [2.75, 3.05) is 0 Å². The summed E-state index contributed by atoms with van der Waals surface area (Å²) in [6.45, 7) is 11.3. The molecule has 0 rings (SSSR count). The molecule has 44 valence electrons. The van der Waals surface area contributed by atoms with Crippen LogP contribution in [0.25, 0.3) is 0 Å². The minimum absolute atomic E-state index is 0.816. The Hall–Kier alpha value is -0.960. The zero-order valence-electron chi connectivity index (χ0n) is 5.41. The maximum Gasteiger partial charge on any atom is 0.0267 e. The van der Waals surface area contributed by atoms with Gasteiger partial charge in [-0.3, -0.25) is 0 Å². The molecule has 0 saturated heterocycles. The van der Waals surface area contributed by atoms with Crippen LogP contribution in [0.1, 0.15) is 13.3 Å². The van der Waals surface area contributed by atoms with Crippen molar-refractivity contribution in [2.24, 2.45) is 0 Å². The van der Waals surface area contributed by atoms with Crippen LogP contribution in [0.15, 0.2) is 25.8 Å². The Morgan fingerprint density at radius 1 is 1.50 bits per heavy atom. The van der Waals surface area contributed by atoms with Crippen molar-refractivity contribution in [1.82, 2.24) is 0 Å². The first-order chi connectivity index (χ1) is 3.91. The fourth-order valence-corrected chi connectivity index (χ4v) is 0.174. The molecule has 0 unspecified atom stereocenters. The lowest BCUT2D eigenvalue weighted by molar-refractivity contribution is 1.48. The normalized spacial score (nSPS) is 4.62. The van der Waals surface area contributed by atoms with E-state index in [0.717, 1.165) is 6.42 Å². The van der Waals surface area contributed by atoms with Crippen LogP contribution in [0, 0.1) is 11.8 Å². The van der Waals surface area contributed by atoms with Gasteiger partial charge in [0.1, 0.15) is 0 Å². The van der Waals surface area contributed by atoms with Crippen molar-refractivity contribution in [3.63, 3.8) is 0 Å². The van der Waals surface area contributed by atoms with Crippen LogP contribution in [0.2, 0.25) is 0 Å². The molecule has 0 aromatic heterocycles. The average molecular weight is 108 g/mol.